The standard InChI is InChI=1S/C6H15NO/c1-6(8)4-5-7(2)3/h6,8H,4-5H2,1-3H3/t6-/m0/s1. The largest absolute Gasteiger partial charge is 0.393 e. The van der Waals surface area contributed by atoms with Crippen molar-refractivity contribution < 1.29 is 5.11 Å². The van der Waals surface area contributed by atoms with E-state index in [1.54, 1.807) is 0 Å². The molecule has 0 saturated heterocycles. The first-order chi connectivity index (χ1) is 3.63. The van der Waals surface area contributed by atoms with E-state index in [1.807, 2.05) is 21.0 Å². The van der Waals surface area contributed by atoms with Gasteiger partial charge in [-0.05, 0) is 34.0 Å². The van der Waals surface area contributed by atoms with Crippen LogP contribution in [0.4, 0.5) is 0 Å². The summed E-state index contributed by atoms with van der Waals surface area (Å²) in [6, 6.07) is 0. The molecule has 0 aliphatic carbocycles. The Labute approximate surface area is 51.1 Å². The van der Waals surface area contributed by atoms with Gasteiger partial charge in [0.15, 0.2) is 0 Å². The molecular formula is C6H15NO. The zero-order chi connectivity index (χ0) is 6.57. The van der Waals surface area contributed by atoms with Gasteiger partial charge in [0.1, 0.15) is 0 Å². The second kappa shape index (κ2) is 3.87. The van der Waals surface area contributed by atoms with Crippen molar-refractivity contribution in [1.82, 2.24) is 4.90 Å². The normalized spacial score (nSPS) is 14.6. The first-order valence-electron chi connectivity index (χ1n) is 2.95. The van der Waals surface area contributed by atoms with E-state index in [2.05, 4.69) is 4.90 Å². The van der Waals surface area contributed by atoms with Crippen LogP contribution in [0.15, 0.2) is 0 Å². The smallest absolute Gasteiger partial charge is 0.0524 e. The van der Waals surface area contributed by atoms with Gasteiger partial charge >= 0.3 is 0 Å². The van der Waals surface area contributed by atoms with Crippen LogP contribution in [0.2, 0.25) is 0 Å². The molecule has 0 heterocycles. The molecule has 0 bridgehead atoms. The average molecular weight is 117 g/mol. The van der Waals surface area contributed by atoms with Crippen molar-refractivity contribution in [2.75, 3.05) is 20.6 Å². The van der Waals surface area contributed by atoms with Gasteiger partial charge in [0.05, 0.1) is 6.10 Å². The van der Waals surface area contributed by atoms with Crippen LogP contribution in [0.5, 0.6) is 0 Å². The summed E-state index contributed by atoms with van der Waals surface area (Å²) in [5, 5.41) is 8.77. The summed E-state index contributed by atoms with van der Waals surface area (Å²) in [6.45, 7) is 2.78. The maximum absolute atomic E-state index is 8.77. The highest BCUT2D eigenvalue weighted by molar-refractivity contribution is 4.48. The lowest BCUT2D eigenvalue weighted by Gasteiger charge is -2.09. The molecule has 1 N–H and O–H groups in total. The van der Waals surface area contributed by atoms with Crippen LogP contribution in [0, 0.1) is 0 Å². The van der Waals surface area contributed by atoms with Crippen LogP contribution in [-0.2, 0) is 0 Å². The van der Waals surface area contributed by atoms with Crippen LogP contribution in [0.1, 0.15) is 13.3 Å². The predicted octanol–water partition coefficient (Wildman–Crippen LogP) is 0.319. The number of hydrogen-bond donors (Lipinski definition) is 1. The monoisotopic (exact) mass is 117 g/mol. The number of nitrogens with zero attached hydrogens (tertiary/aromatic N) is 1. The number of aliphatic hydroxyl groups is 1. The highest BCUT2D eigenvalue weighted by Crippen LogP contribution is 1.88. The third-order valence-electron chi connectivity index (χ3n) is 0.994. The molecule has 2 heteroatoms. The van der Waals surface area contributed by atoms with E-state index in [0.717, 1.165) is 13.0 Å². The molecule has 0 rings (SSSR count). The van der Waals surface area contributed by atoms with E-state index >= 15 is 0 Å². The summed E-state index contributed by atoms with van der Waals surface area (Å²) in [5.74, 6) is 0. The molecule has 0 aromatic carbocycles. The molecule has 8 heavy (non-hydrogen) atoms. The van der Waals surface area contributed by atoms with Crippen molar-refractivity contribution in [1.29, 1.82) is 0 Å². The first-order valence-corrected chi connectivity index (χ1v) is 2.95. The van der Waals surface area contributed by atoms with E-state index in [0.29, 0.717) is 0 Å². The summed E-state index contributed by atoms with van der Waals surface area (Å²) in [5.41, 5.74) is 0. The maximum Gasteiger partial charge on any atom is 0.0524 e. The Bertz CT molecular complexity index is 44.5. The Kier molecular flexibility index (Phi) is 3.83. The lowest BCUT2D eigenvalue weighted by Crippen LogP contribution is -2.17. The van der Waals surface area contributed by atoms with Gasteiger partial charge in [0, 0.05) is 0 Å². The zero-order valence-corrected chi connectivity index (χ0v) is 5.89. The Balaban J connectivity index is 2.93. The van der Waals surface area contributed by atoms with E-state index in [1.165, 1.54) is 0 Å². The van der Waals surface area contributed by atoms with Crippen LogP contribution < -0.4 is 0 Å². The van der Waals surface area contributed by atoms with Gasteiger partial charge in [-0.3, -0.25) is 0 Å². The van der Waals surface area contributed by atoms with Gasteiger partial charge in [-0.25, -0.2) is 0 Å². The van der Waals surface area contributed by atoms with E-state index in [4.69, 9.17) is 5.11 Å². The van der Waals surface area contributed by atoms with Crippen LogP contribution in [0.25, 0.3) is 0 Å². The third-order valence-corrected chi connectivity index (χ3v) is 0.994. The maximum atomic E-state index is 8.77. The summed E-state index contributed by atoms with van der Waals surface area (Å²) in [7, 11) is 4.00. The number of rotatable bonds is 3. The van der Waals surface area contributed by atoms with E-state index in [9.17, 15) is 0 Å². The number of aliphatic hydroxyl groups excluding tert-OH is 1. The lowest BCUT2D eigenvalue weighted by molar-refractivity contribution is 0.170. The summed E-state index contributed by atoms with van der Waals surface area (Å²) in [6.07, 6.45) is 0.713. The van der Waals surface area contributed by atoms with Crippen LogP contribution in [0.3, 0.4) is 0 Å². The van der Waals surface area contributed by atoms with Gasteiger partial charge in [-0.2, -0.15) is 0 Å². The average Bonchev–Trinajstić information content (AvgIpc) is 1.61. The molecule has 0 fully saturated rings. The van der Waals surface area contributed by atoms with E-state index < -0.39 is 0 Å². The second-order valence-corrected chi connectivity index (χ2v) is 2.44. The Morgan fingerprint density at radius 2 is 2.00 bits per heavy atom. The summed E-state index contributed by atoms with van der Waals surface area (Å²) >= 11 is 0. The highest BCUT2D eigenvalue weighted by atomic mass is 16.3. The Hall–Kier alpha value is -0.0800. The second-order valence-electron chi connectivity index (χ2n) is 2.44. The van der Waals surface area contributed by atoms with Crippen molar-refractivity contribution >= 4 is 0 Å². The molecule has 1 atom stereocenters. The van der Waals surface area contributed by atoms with Crippen molar-refractivity contribution in [3.05, 3.63) is 0 Å². The van der Waals surface area contributed by atoms with Gasteiger partial charge in [0.25, 0.3) is 0 Å². The zero-order valence-electron chi connectivity index (χ0n) is 5.89. The summed E-state index contributed by atoms with van der Waals surface area (Å²) in [4.78, 5) is 2.06. The minimum absolute atomic E-state index is 0.155. The fourth-order valence-electron chi connectivity index (χ4n) is 0.445. The van der Waals surface area contributed by atoms with Crippen LogP contribution in [-0.4, -0.2) is 36.8 Å². The summed E-state index contributed by atoms with van der Waals surface area (Å²) < 4.78 is 0. The lowest BCUT2D eigenvalue weighted by atomic mass is 10.3. The molecule has 50 valence electrons. The van der Waals surface area contributed by atoms with Gasteiger partial charge in [0.2, 0.25) is 0 Å². The van der Waals surface area contributed by atoms with Gasteiger partial charge < -0.3 is 10.0 Å². The van der Waals surface area contributed by atoms with Crippen LogP contribution >= 0.6 is 0 Å². The molecule has 0 radical (unpaired) electrons. The van der Waals surface area contributed by atoms with Crippen molar-refractivity contribution in [2.45, 2.75) is 19.4 Å². The SMILES string of the molecule is C[C@H](O)CCN(C)C. The van der Waals surface area contributed by atoms with E-state index in [-0.39, 0.29) is 6.10 Å². The molecule has 0 spiro atoms. The molecule has 0 aliphatic rings. The Morgan fingerprint density at radius 3 is 2.12 bits per heavy atom. The number of hydrogen-bond acceptors (Lipinski definition) is 2. The predicted molar refractivity (Wildman–Crippen MR) is 34.9 cm³/mol. The quantitative estimate of drug-likeness (QED) is 0.575. The van der Waals surface area contributed by atoms with Crippen molar-refractivity contribution in [3.63, 3.8) is 0 Å². The minimum atomic E-state index is -0.155. The van der Waals surface area contributed by atoms with Gasteiger partial charge in [-0.1, -0.05) is 0 Å². The molecule has 0 aromatic heterocycles. The molecule has 0 amide bonds. The fourth-order valence-corrected chi connectivity index (χ4v) is 0.445. The minimum Gasteiger partial charge on any atom is -0.393 e. The fraction of sp³-hybridized carbons (Fsp3) is 1.00. The first kappa shape index (κ1) is 7.92. The third kappa shape index (κ3) is 5.92. The molecule has 0 aromatic rings. The molecule has 0 aliphatic heterocycles. The van der Waals surface area contributed by atoms with Gasteiger partial charge in [-0.15, -0.1) is 0 Å². The van der Waals surface area contributed by atoms with Crippen molar-refractivity contribution in [2.24, 2.45) is 0 Å². The topological polar surface area (TPSA) is 23.5 Å². The molecule has 0 unspecified atom stereocenters. The molecule has 0 saturated carbocycles. The molecule has 2 nitrogen and oxygen atoms in total. The molecular weight excluding hydrogens is 102 g/mol. The highest BCUT2D eigenvalue weighted by Gasteiger charge is 1.94. The van der Waals surface area contributed by atoms with Crippen molar-refractivity contribution in [3.8, 4) is 0 Å². The Morgan fingerprint density at radius 1 is 1.50 bits per heavy atom.